The van der Waals surface area contributed by atoms with E-state index in [-0.39, 0.29) is 0 Å². The van der Waals surface area contributed by atoms with Crippen molar-refractivity contribution in [2.24, 2.45) is 0 Å². The Morgan fingerprint density at radius 3 is 2.89 bits per heavy atom. The van der Waals surface area contributed by atoms with E-state index in [1.165, 1.54) is 43.6 Å². The molecular weight excluding hydrogens is 250 g/mol. The first-order valence-electron chi connectivity index (χ1n) is 6.46. The highest BCUT2D eigenvalue weighted by atomic mass is 32.1. The van der Waals surface area contributed by atoms with E-state index in [4.69, 9.17) is 15.2 Å². The van der Waals surface area contributed by atoms with E-state index in [2.05, 4.69) is 9.69 Å². The topological polar surface area (TPSA) is 69.4 Å². The number of hydrogen-bond acceptors (Lipinski definition) is 6. The molecule has 1 aromatic rings. The second-order valence-electron chi connectivity index (χ2n) is 4.49. The van der Waals surface area contributed by atoms with Crippen molar-refractivity contribution in [1.82, 2.24) is 4.37 Å². The van der Waals surface area contributed by atoms with Gasteiger partial charge in [-0.15, -0.1) is 0 Å². The summed E-state index contributed by atoms with van der Waals surface area (Å²) in [5, 5.41) is 4.13. The number of anilines is 2. The van der Waals surface area contributed by atoms with Crippen LogP contribution in [0.15, 0.2) is 0 Å². The van der Waals surface area contributed by atoms with Crippen LogP contribution in [0, 0.1) is 0 Å². The molecule has 0 unspecified atom stereocenters. The molecule has 0 atom stereocenters. The number of nitrogens with two attached hydrogens (primary N) is 1. The predicted octanol–water partition coefficient (Wildman–Crippen LogP) is 2.50. The van der Waals surface area contributed by atoms with Gasteiger partial charge in [0.05, 0.1) is 19.8 Å². The average molecular weight is 271 g/mol. The Bertz CT molecular complexity index is 364. The maximum Gasteiger partial charge on any atom is 0.197 e. The molecule has 0 bridgehead atoms. The van der Waals surface area contributed by atoms with E-state index in [1.54, 1.807) is 7.11 Å². The van der Waals surface area contributed by atoms with Crippen molar-refractivity contribution >= 4 is 22.4 Å². The van der Waals surface area contributed by atoms with Gasteiger partial charge >= 0.3 is 0 Å². The lowest BCUT2D eigenvalue weighted by molar-refractivity contribution is 0.0347. The summed E-state index contributed by atoms with van der Waals surface area (Å²) in [6.45, 7) is 1.47. The van der Waals surface area contributed by atoms with E-state index in [0.29, 0.717) is 24.3 Å². The van der Waals surface area contributed by atoms with Crippen LogP contribution in [0.5, 0.6) is 5.75 Å². The van der Waals surface area contributed by atoms with Gasteiger partial charge in [0.2, 0.25) is 0 Å². The van der Waals surface area contributed by atoms with Gasteiger partial charge in [0.1, 0.15) is 0 Å². The first kappa shape index (κ1) is 13.4. The Kier molecular flexibility index (Phi) is 5.07. The molecule has 1 heterocycles. The van der Waals surface area contributed by atoms with Crippen molar-refractivity contribution in [1.29, 1.82) is 0 Å². The van der Waals surface area contributed by atoms with Crippen molar-refractivity contribution < 1.29 is 9.47 Å². The summed E-state index contributed by atoms with van der Waals surface area (Å²) in [5.41, 5.74) is 5.68. The molecule has 0 radical (unpaired) electrons. The number of aromatic nitrogens is 1. The maximum absolute atomic E-state index is 5.83. The first-order chi connectivity index (χ1) is 8.81. The third kappa shape index (κ3) is 3.49. The van der Waals surface area contributed by atoms with Gasteiger partial charge in [0.25, 0.3) is 0 Å². The highest BCUT2D eigenvalue weighted by Gasteiger charge is 2.14. The van der Waals surface area contributed by atoms with Gasteiger partial charge < -0.3 is 20.5 Å². The summed E-state index contributed by atoms with van der Waals surface area (Å²) in [6, 6.07) is 0. The van der Waals surface area contributed by atoms with E-state index < -0.39 is 0 Å². The second kappa shape index (κ2) is 6.80. The maximum atomic E-state index is 5.83. The van der Waals surface area contributed by atoms with Crippen molar-refractivity contribution in [3.63, 3.8) is 0 Å². The van der Waals surface area contributed by atoms with Crippen molar-refractivity contribution in [3.8, 4) is 5.75 Å². The zero-order chi connectivity index (χ0) is 12.8. The molecule has 18 heavy (non-hydrogen) atoms. The van der Waals surface area contributed by atoms with Gasteiger partial charge in [-0.25, -0.2) is 0 Å². The van der Waals surface area contributed by atoms with Crippen LogP contribution >= 0.6 is 11.5 Å². The molecule has 2 rings (SSSR count). The Hall–Kier alpha value is -1.01. The minimum Gasteiger partial charge on any atom is -0.490 e. The summed E-state index contributed by atoms with van der Waals surface area (Å²) in [6.07, 6.45) is 6.83. The summed E-state index contributed by atoms with van der Waals surface area (Å²) in [5.74, 6) is 1.08. The fourth-order valence-corrected chi connectivity index (χ4v) is 2.94. The molecule has 0 aromatic carbocycles. The first-order valence-corrected chi connectivity index (χ1v) is 7.23. The molecule has 6 heteroatoms. The molecule has 0 aliphatic heterocycles. The van der Waals surface area contributed by atoms with Crippen LogP contribution in [0.3, 0.4) is 0 Å². The van der Waals surface area contributed by atoms with Gasteiger partial charge in [-0.2, -0.15) is 4.37 Å². The zero-order valence-electron chi connectivity index (χ0n) is 10.8. The Labute approximate surface area is 112 Å². The smallest absolute Gasteiger partial charge is 0.197 e. The van der Waals surface area contributed by atoms with E-state index >= 15 is 0 Å². The van der Waals surface area contributed by atoms with Crippen molar-refractivity contribution in [2.45, 2.75) is 38.2 Å². The largest absolute Gasteiger partial charge is 0.490 e. The number of hydrogen-bond donors (Lipinski definition) is 2. The number of methoxy groups -OCH3 is 1. The van der Waals surface area contributed by atoms with Gasteiger partial charge in [0.15, 0.2) is 16.6 Å². The monoisotopic (exact) mass is 271 g/mol. The van der Waals surface area contributed by atoms with Crippen molar-refractivity contribution in [2.75, 3.05) is 31.3 Å². The highest BCUT2D eigenvalue weighted by Crippen LogP contribution is 2.34. The lowest BCUT2D eigenvalue weighted by Gasteiger charge is -2.22. The number of rotatable bonds is 6. The molecule has 102 valence electrons. The van der Waals surface area contributed by atoms with Gasteiger partial charge in [0, 0.05) is 6.54 Å². The molecule has 0 saturated heterocycles. The highest BCUT2D eigenvalue weighted by molar-refractivity contribution is 7.11. The minimum absolute atomic E-state index is 0.443. The van der Waals surface area contributed by atoms with Crippen LogP contribution in [0.2, 0.25) is 0 Å². The summed E-state index contributed by atoms with van der Waals surface area (Å²) >= 11 is 1.32. The second-order valence-corrected chi connectivity index (χ2v) is 5.26. The minimum atomic E-state index is 0.443. The normalized spacial score (nSPS) is 16.7. The molecular formula is C12H21N3O2S. The molecule has 1 saturated carbocycles. The molecule has 3 N–H and O–H groups in total. The molecule has 1 fully saturated rings. The lowest BCUT2D eigenvalue weighted by atomic mass is 9.98. The Balaban J connectivity index is 1.68. The molecule has 0 amide bonds. The zero-order valence-corrected chi connectivity index (χ0v) is 11.6. The average Bonchev–Trinajstić information content (AvgIpc) is 2.76. The molecule has 1 aromatic heterocycles. The third-order valence-electron chi connectivity index (χ3n) is 3.17. The Morgan fingerprint density at radius 1 is 1.39 bits per heavy atom. The fourth-order valence-electron chi connectivity index (χ4n) is 2.23. The van der Waals surface area contributed by atoms with Crippen LogP contribution in [-0.2, 0) is 4.74 Å². The van der Waals surface area contributed by atoms with Crippen LogP contribution in [-0.4, -0.2) is 30.7 Å². The summed E-state index contributed by atoms with van der Waals surface area (Å²) < 4.78 is 15.1. The summed E-state index contributed by atoms with van der Waals surface area (Å²) in [7, 11) is 1.60. The number of ether oxygens (including phenoxy) is 2. The number of nitrogen functional groups attached to an aromatic ring is 1. The lowest BCUT2D eigenvalue weighted by Crippen LogP contribution is -2.20. The van der Waals surface area contributed by atoms with Crippen molar-refractivity contribution in [3.05, 3.63) is 0 Å². The SMILES string of the molecule is COc1c(N)nsc1NCCOC1CCCCC1. The van der Waals surface area contributed by atoms with Crippen LogP contribution < -0.4 is 15.8 Å². The molecule has 1 aliphatic rings. The predicted molar refractivity (Wildman–Crippen MR) is 74.4 cm³/mol. The summed E-state index contributed by atoms with van der Waals surface area (Å²) in [4.78, 5) is 0. The van der Waals surface area contributed by atoms with E-state index in [9.17, 15) is 0 Å². The fraction of sp³-hybridized carbons (Fsp3) is 0.750. The Morgan fingerprint density at radius 2 is 2.17 bits per heavy atom. The van der Waals surface area contributed by atoms with E-state index in [0.717, 1.165) is 11.5 Å². The van der Waals surface area contributed by atoms with Crippen LogP contribution in [0.1, 0.15) is 32.1 Å². The molecule has 0 spiro atoms. The number of nitrogens with one attached hydrogen (secondary N) is 1. The third-order valence-corrected chi connectivity index (χ3v) is 3.97. The van der Waals surface area contributed by atoms with Gasteiger partial charge in [-0.05, 0) is 24.4 Å². The standard InChI is InChI=1S/C12H21N3O2S/c1-16-10-11(13)15-18-12(10)14-7-8-17-9-5-3-2-4-6-9/h9,14H,2-8H2,1H3,(H2,13,15). The van der Waals surface area contributed by atoms with Crippen LogP contribution in [0.4, 0.5) is 10.8 Å². The molecule has 5 nitrogen and oxygen atoms in total. The van der Waals surface area contributed by atoms with Gasteiger partial charge in [-0.3, -0.25) is 0 Å². The van der Waals surface area contributed by atoms with E-state index in [1.807, 2.05) is 0 Å². The number of nitrogens with zero attached hydrogens (tertiary/aromatic N) is 1. The van der Waals surface area contributed by atoms with Gasteiger partial charge in [-0.1, -0.05) is 19.3 Å². The quantitative estimate of drug-likeness (QED) is 0.778. The molecule has 1 aliphatic carbocycles. The van der Waals surface area contributed by atoms with Crippen LogP contribution in [0.25, 0.3) is 0 Å².